The first-order valence-corrected chi connectivity index (χ1v) is 12.1. The van der Waals surface area contributed by atoms with Crippen molar-refractivity contribution in [3.63, 3.8) is 0 Å². The van der Waals surface area contributed by atoms with E-state index in [1.807, 2.05) is 0 Å². The van der Waals surface area contributed by atoms with Gasteiger partial charge in [0.05, 0.1) is 0 Å². The van der Waals surface area contributed by atoms with Crippen molar-refractivity contribution in [1.82, 2.24) is 5.32 Å². The molecule has 0 radical (unpaired) electrons. The Morgan fingerprint density at radius 1 is 0.735 bits per heavy atom. The van der Waals surface area contributed by atoms with Crippen LogP contribution in [0.1, 0.15) is 103 Å². The molecule has 0 fully saturated rings. The topological polar surface area (TPSA) is 193 Å². The molecule has 1 amide bonds. The molecule has 34 heavy (non-hydrogen) atoms. The van der Waals surface area contributed by atoms with Gasteiger partial charge in [0.2, 0.25) is 5.91 Å². The summed E-state index contributed by atoms with van der Waals surface area (Å²) in [7, 11) is 0. The van der Waals surface area contributed by atoms with Crippen LogP contribution in [-0.2, 0) is 19.2 Å². The maximum absolute atomic E-state index is 11.7. The second-order valence-corrected chi connectivity index (χ2v) is 8.20. The second-order valence-electron chi connectivity index (χ2n) is 8.20. The molecule has 2 atom stereocenters. The summed E-state index contributed by atoms with van der Waals surface area (Å²) in [4.78, 5) is 43.2. The molecule has 0 aliphatic rings. The SMILES string of the molecule is CCCCCCCCCCCC(=O)N[C@@H](CCC(=O)O)C(=O)O.NCCCC[C@H](N)C(=O)O.[NaH]. The fraction of sp³-hybridized carbons (Fsp3) is 0.826. The van der Waals surface area contributed by atoms with Gasteiger partial charge in [-0.2, -0.15) is 0 Å². The molecule has 0 bridgehead atoms. The third-order valence-corrected chi connectivity index (χ3v) is 5.07. The first-order valence-electron chi connectivity index (χ1n) is 12.1. The predicted molar refractivity (Wildman–Crippen MR) is 134 cm³/mol. The van der Waals surface area contributed by atoms with Crippen LogP contribution in [0.5, 0.6) is 0 Å². The zero-order valence-corrected chi connectivity index (χ0v) is 20.1. The molecule has 0 saturated heterocycles. The number of carbonyl (C=O) groups is 4. The minimum absolute atomic E-state index is 0. The molecule has 0 aromatic heterocycles. The Labute approximate surface area is 225 Å². The van der Waals surface area contributed by atoms with Gasteiger partial charge in [0, 0.05) is 12.8 Å². The normalized spacial score (nSPS) is 11.9. The Bertz CT molecular complexity index is 551. The third kappa shape index (κ3) is 27.0. The van der Waals surface area contributed by atoms with E-state index < -0.39 is 30.0 Å². The van der Waals surface area contributed by atoms with Gasteiger partial charge >= 0.3 is 47.5 Å². The van der Waals surface area contributed by atoms with Gasteiger partial charge in [-0.1, -0.05) is 64.7 Å². The first-order chi connectivity index (χ1) is 15.6. The van der Waals surface area contributed by atoms with Gasteiger partial charge in [0.1, 0.15) is 12.1 Å². The van der Waals surface area contributed by atoms with Gasteiger partial charge in [0.25, 0.3) is 0 Å². The van der Waals surface area contributed by atoms with E-state index in [1.54, 1.807) is 0 Å². The summed E-state index contributed by atoms with van der Waals surface area (Å²) in [6, 6.07) is -1.83. The molecule has 0 saturated carbocycles. The predicted octanol–water partition coefficient (Wildman–Crippen LogP) is 2.22. The van der Waals surface area contributed by atoms with Gasteiger partial charge in [-0.15, -0.1) is 0 Å². The summed E-state index contributed by atoms with van der Waals surface area (Å²) >= 11 is 0. The molecule has 0 spiro atoms. The molecule has 11 heteroatoms. The van der Waals surface area contributed by atoms with E-state index in [0.29, 0.717) is 19.4 Å². The summed E-state index contributed by atoms with van der Waals surface area (Å²) in [6.07, 6.45) is 12.5. The maximum atomic E-state index is 11.7. The quantitative estimate of drug-likeness (QED) is 0.108. The number of hydrogen-bond acceptors (Lipinski definition) is 6. The molecule has 8 N–H and O–H groups in total. The zero-order valence-electron chi connectivity index (χ0n) is 20.1. The van der Waals surface area contributed by atoms with Crippen LogP contribution in [-0.4, -0.2) is 87.3 Å². The number of carbonyl (C=O) groups excluding carboxylic acids is 1. The van der Waals surface area contributed by atoms with Crippen LogP contribution in [0.4, 0.5) is 0 Å². The van der Waals surface area contributed by atoms with E-state index in [4.69, 9.17) is 26.8 Å². The molecular formula is C23H46N3NaO7. The number of nitrogens with one attached hydrogen (secondary N) is 1. The minimum atomic E-state index is -1.19. The van der Waals surface area contributed by atoms with Crippen molar-refractivity contribution in [2.75, 3.05) is 6.54 Å². The van der Waals surface area contributed by atoms with Gasteiger partial charge in [-0.25, -0.2) is 4.79 Å². The molecule has 0 aromatic rings. The number of carboxylic acid groups (broad SMARTS) is 3. The van der Waals surface area contributed by atoms with Crippen molar-refractivity contribution < 1.29 is 34.5 Å². The van der Waals surface area contributed by atoms with Crippen molar-refractivity contribution in [2.45, 2.75) is 115 Å². The van der Waals surface area contributed by atoms with E-state index in [-0.39, 0.29) is 48.3 Å². The number of nitrogens with two attached hydrogens (primary N) is 2. The van der Waals surface area contributed by atoms with Crippen molar-refractivity contribution in [3.05, 3.63) is 0 Å². The van der Waals surface area contributed by atoms with Crippen LogP contribution >= 0.6 is 0 Å². The van der Waals surface area contributed by atoms with Crippen LogP contribution in [0, 0.1) is 0 Å². The fourth-order valence-corrected chi connectivity index (χ4v) is 3.02. The molecule has 0 aromatic carbocycles. The number of carboxylic acids is 3. The number of rotatable bonds is 20. The Morgan fingerprint density at radius 3 is 1.71 bits per heavy atom. The fourth-order valence-electron chi connectivity index (χ4n) is 3.02. The summed E-state index contributed by atoms with van der Waals surface area (Å²) in [6.45, 7) is 2.80. The summed E-state index contributed by atoms with van der Waals surface area (Å²) < 4.78 is 0. The van der Waals surface area contributed by atoms with Crippen LogP contribution in [0.15, 0.2) is 0 Å². The number of hydrogen-bond donors (Lipinski definition) is 6. The van der Waals surface area contributed by atoms with Gasteiger partial charge in [-0.3, -0.25) is 14.4 Å². The summed E-state index contributed by atoms with van der Waals surface area (Å²) in [5.41, 5.74) is 10.4. The Balaban J connectivity index is -0.000000736. The number of amides is 1. The van der Waals surface area contributed by atoms with Gasteiger partial charge in [-0.05, 0) is 32.2 Å². The zero-order chi connectivity index (χ0) is 25.5. The van der Waals surface area contributed by atoms with Crippen molar-refractivity contribution in [1.29, 1.82) is 0 Å². The van der Waals surface area contributed by atoms with E-state index in [1.165, 1.54) is 38.5 Å². The van der Waals surface area contributed by atoms with Crippen molar-refractivity contribution in [2.24, 2.45) is 11.5 Å². The summed E-state index contributed by atoms with van der Waals surface area (Å²) in [5, 5.41) is 28.2. The first kappa shape index (κ1) is 37.4. The van der Waals surface area contributed by atoms with Gasteiger partial charge in [0.15, 0.2) is 0 Å². The Kier molecular flexibility index (Phi) is 29.0. The molecule has 0 unspecified atom stereocenters. The summed E-state index contributed by atoms with van der Waals surface area (Å²) in [5.74, 6) is -3.50. The van der Waals surface area contributed by atoms with Crippen molar-refractivity contribution >= 4 is 53.4 Å². The third-order valence-electron chi connectivity index (χ3n) is 5.07. The standard InChI is InChI=1S/C17H31NO5.C6H14N2O2.Na.H/c1-2-3-4-5-6-7-8-9-10-11-15(19)18-14(17(22)23)12-13-16(20)21;7-4-2-1-3-5(8)6(9)10;;/h14H,2-13H2,1H3,(H,18,19)(H,20,21)(H,22,23);5H,1-4,7-8H2,(H,9,10);;/t14-;5-;;/m00../s1. The number of aliphatic carboxylic acids is 3. The average molecular weight is 500 g/mol. The average Bonchev–Trinajstić information content (AvgIpc) is 2.75. The monoisotopic (exact) mass is 499 g/mol. The van der Waals surface area contributed by atoms with Crippen molar-refractivity contribution in [3.8, 4) is 0 Å². The molecule has 0 rings (SSSR count). The van der Waals surface area contributed by atoms with Gasteiger partial charge < -0.3 is 32.1 Å². The van der Waals surface area contributed by atoms with Crippen LogP contribution in [0.25, 0.3) is 0 Å². The van der Waals surface area contributed by atoms with E-state index in [0.717, 1.165) is 32.1 Å². The second kappa shape index (κ2) is 26.4. The molecule has 0 aliphatic carbocycles. The van der Waals surface area contributed by atoms with Crippen LogP contribution in [0.2, 0.25) is 0 Å². The Hall–Kier alpha value is -1.20. The molecule has 10 nitrogen and oxygen atoms in total. The molecule has 0 heterocycles. The van der Waals surface area contributed by atoms with Crippen LogP contribution < -0.4 is 16.8 Å². The molecule has 0 aliphatic heterocycles. The van der Waals surface area contributed by atoms with Crippen LogP contribution in [0.3, 0.4) is 0 Å². The van der Waals surface area contributed by atoms with E-state index in [2.05, 4.69) is 12.2 Å². The molecular weight excluding hydrogens is 453 g/mol. The Morgan fingerprint density at radius 2 is 1.26 bits per heavy atom. The van der Waals surface area contributed by atoms with E-state index >= 15 is 0 Å². The molecule has 196 valence electrons. The number of unbranched alkanes of at least 4 members (excludes halogenated alkanes) is 9. The van der Waals surface area contributed by atoms with E-state index in [9.17, 15) is 19.2 Å².